The first-order valence-electron chi connectivity index (χ1n) is 0.647. The van der Waals surface area contributed by atoms with Gasteiger partial charge in [0, 0.05) is 0 Å². The fourth-order valence-electron chi connectivity index (χ4n) is 0. The fraction of sp³-hybridized carbons (Fsp3) is 0. The van der Waals surface area contributed by atoms with Crippen LogP contribution in [-0.2, 0) is 21.0 Å². The van der Waals surface area contributed by atoms with Gasteiger partial charge in [0.15, 0.2) is 17.4 Å². The number of hydrogen-bond acceptors (Lipinski definition) is 2. The van der Waals surface area contributed by atoms with E-state index in [1.54, 1.807) is 0 Å². The average molecular weight is 193 g/mol. The van der Waals surface area contributed by atoms with E-state index in [0.29, 0.717) is 0 Å². The Morgan fingerprint density at radius 3 is 1.29 bits per heavy atom. The van der Waals surface area contributed by atoms with E-state index in [-0.39, 0.29) is 58.0 Å². The molecule has 0 radical (unpaired) electrons. The predicted molar refractivity (Wildman–Crippen MR) is 23.7 cm³/mol. The standard InChI is InChI=1S/Al.Ca.Mn.2H2O.2O.5H/h;;;2*1H2;;;;;;;/q;2*+2;;;;;;;;2*-1/p-2. The van der Waals surface area contributed by atoms with Gasteiger partial charge >= 0.3 is 67.2 Å². The monoisotopic (exact) mass is 193 g/mol. The van der Waals surface area contributed by atoms with Gasteiger partial charge in [0.1, 0.15) is 0 Å². The Hall–Kier alpha value is 1.83. The molecule has 0 aromatic rings. The van der Waals surface area contributed by atoms with Crippen LogP contribution in [0.4, 0.5) is 0 Å². The van der Waals surface area contributed by atoms with Gasteiger partial charge in [-0.15, -0.1) is 0 Å². The first kappa shape index (κ1) is 15.9. The van der Waals surface area contributed by atoms with Gasteiger partial charge in [-0.2, -0.15) is 0 Å². The average Bonchev–Trinajstić information content (AvgIpc) is 0.722. The molecule has 0 aliphatic carbocycles. The molecule has 0 saturated carbocycles. The molecule has 0 saturated heterocycles. The fourth-order valence-corrected chi connectivity index (χ4v) is 0. The Morgan fingerprint density at radius 1 is 1.29 bits per heavy atom. The molecular weight excluding hydrogens is 186 g/mol. The van der Waals surface area contributed by atoms with Crippen LogP contribution >= 0.6 is 0 Å². The van der Waals surface area contributed by atoms with Gasteiger partial charge in [-0.1, -0.05) is 0 Å². The molecule has 0 aromatic carbocycles. The van der Waals surface area contributed by atoms with Gasteiger partial charge in [-0.25, -0.2) is 0 Å². The zero-order chi connectivity index (χ0) is 4.50. The predicted octanol–water partition coefficient (Wildman–Crippen LogP) is -2.69. The summed E-state index contributed by atoms with van der Waals surface area (Å²) in [5, 5.41) is 0. The third-order valence-electron chi connectivity index (χ3n) is 0. The Kier molecular flexibility index (Phi) is 13.6. The maximum absolute atomic E-state index is 8.80. The second-order valence-electron chi connectivity index (χ2n) is 0.415. The van der Waals surface area contributed by atoms with Crippen LogP contribution in [0.2, 0.25) is 0 Å². The van der Waals surface area contributed by atoms with Crippen LogP contribution in [0.5, 0.6) is 0 Å². The molecule has 0 atom stereocenters. The van der Waals surface area contributed by atoms with Crippen LogP contribution in [0.1, 0.15) is 2.85 Å². The van der Waals surface area contributed by atoms with Crippen molar-refractivity contribution in [1.29, 1.82) is 0 Å². The Labute approximate surface area is 86.3 Å². The van der Waals surface area contributed by atoms with E-state index in [1.807, 2.05) is 0 Å². The Morgan fingerprint density at radius 2 is 1.29 bits per heavy atom. The summed E-state index contributed by atoms with van der Waals surface area (Å²) in [6, 6.07) is 0. The molecule has 7 heteroatoms. The second kappa shape index (κ2) is 5.96. The molecule has 0 bridgehead atoms. The van der Waals surface area contributed by atoms with E-state index < -0.39 is 13.4 Å². The zero-order valence-electron chi connectivity index (χ0n) is 4.80. The van der Waals surface area contributed by atoms with Crippen molar-refractivity contribution in [3.63, 3.8) is 0 Å². The minimum absolute atomic E-state index is 0. The second-order valence-corrected chi connectivity index (χ2v) is 1.71. The van der Waals surface area contributed by atoms with Crippen molar-refractivity contribution < 1.29 is 32.3 Å². The summed E-state index contributed by atoms with van der Waals surface area (Å²) >= 11 is -5.12. The molecule has 0 fully saturated rings. The van der Waals surface area contributed by atoms with Crippen molar-refractivity contribution in [3.8, 4) is 0 Å². The quantitative estimate of drug-likeness (QED) is 0.411. The van der Waals surface area contributed by atoms with Crippen molar-refractivity contribution in [2.75, 3.05) is 0 Å². The molecule has 0 aliphatic rings. The van der Waals surface area contributed by atoms with Gasteiger partial charge in [0.25, 0.3) is 0 Å². The van der Waals surface area contributed by atoms with Crippen molar-refractivity contribution in [2.45, 2.75) is 0 Å². The number of rotatable bonds is 0. The summed E-state index contributed by atoms with van der Waals surface area (Å²) in [6.45, 7) is 0. The summed E-state index contributed by atoms with van der Waals surface area (Å²) in [5.74, 6) is 0. The number of hydrogen-bond donors (Lipinski definition) is 2. The van der Waals surface area contributed by atoms with Gasteiger partial charge in [-0.05, 0) is 0 Å². The van der Waals surface area contributed by atoms with E-state index in [1.165, 1.54) is 0 Å². The summed E-state index contributed by atoms with van der Waals surface area (Å²) in [6.07, 6.45) is 0. The molecule has 2 N–H and O–H groups in total. The zero-order valence-corrected chi connectivity index (χ0v) is 6.18. The maximum atomic E-state index is 8.80. The van der Waals surface area contributed by atoms with Crippen LogP contribution < -0.4 is 0 Å². The van der Waals surface area contributed by atoms with Crippen LogP contribution in [0.3, 0.4) is 0 Å². The minimum atomic E-state index is -5.12. The molecule has 43 valence electrons. The molecule has 0 amide bonds. The van der Waals surface area contributed by atoms with Crippen LogP contribution in [0, 0.1) is 0 Å². The first-order chi connectivity index (χ1) is 2.00. The van der Waals surface area contributed by atoms with Crippen molar-refractivity contribution in [1.82, 2.24) is 0 Å². The normalized spacial score (nSPS) is 8.29. The van der Waals surface area contributed by atoms with E-state index in [4.69, 9.17) is 16.0 Å². The Bertz CT molecular complexity index is 102. The van der Waals surface area contributed by atoms with Crippen molar-refractivity contribution in [3.05, 3.63) is 0 Å². The van der Waals surface area contributed by atoms with E-state index in [0.717, 1.165) is 0 Å². The van der Waals surface area contributed by atoms with Gasteiger partial charge in [0.2, 0.25) is 0 Å². The van der Waals surface area contributed by atoms with Gasteiger partial charge in [0.05, 0.1) is 0 Å². The van der Waals surface area contributed by atoms with E-state index in [9.17, 15) is 0 Å². The summed E-state index contributed by atoms with van der Waals surface area (Å²) < 4.78 is 31.8. The van der Waals surface area contributed by atoms with E-state index >= 15 is 0 Å². The molecule has 0 spiro atoms. The Balaban J connectivity index is -0.0000000133. The molecule has 0 heterocycles. The third kappa shape index (κ3) is 79.4. The van der Waals surface area contributed by atoms with Crippen LogP contribution in [-0.4, -0.2) is 63.5 Å². The molecule has 0 unspecified atom stereocenters. The van der Waals surface area contributed by atoms with Gasteiger partial charge < -0.3 is 2.85 Å². The molecule has 4 nitrogen and oxygen atoms in total. The summed E-state index contributed by atoms with van der Waals surface area (Å²) in [7, 11) is 0. The molecule has 0 aromatic heterocycles. The van der Waals surface area contributed by atoms with E-state index in [2.05, 4.69) is 0 Å². The van der Waals surface area contributed by atoms with Crippen molar-refractivity contribution in [2.24, 2.45) is 0 Å². The summed E-state index contributed by atoms with van der Waals surface area (Å²) in [4.78, 5) is 0. The topological polar surface area (TPSA) is 74.6 Å². The third-order valence-corrected chi connectivity index (χ3v) is 0. The summed E-state index contributed by atoms with van der Waals surface area (Å²) in [5.41, 5.74) is 0. The van der Waals surface area contributed by atoms with Gasteiger partial charge in [-0.3, -0.25) is 0 Å². The molecule has 0 aliphatic heterocycles. The molecular formula is H7AlCaMnO4. The van der Waals surface area contributed by atoms with Crippen LogP contribution in [0.15, 0.2) is 0 Å². The van der Waals surface area contributed by atoms with Crippen LogP contribution in [0.25, 0.3) is 0 Å². The molecule has 0 rings (SSSR count). The SMILES string of the molecule is [AlH3].[Ca+2].[H-].[H-].[O]=[Mn](=[O])([OH])[OH]. The van der Waals surface area contributed by atoms with Crippen molar-refractivity contribution >= 4 is 55.1 Å². The molecule has 7 heavy (non-hydrogen) atoms. The first-order valence-corrected chi connectivity index (χ1v) is 2.67.